The summed E-state index contributed by atoms with van der Waals surface area (Å²) in [6.07, 6.45) is 0. The lowest BCUT2D eigenvalue weighted by Crippen LogP contribution is -2.28. The molecule has 0 aromatic heterocycles. The van der Waals surface area contributed by atoms with Crippen LogP contribution in [0.5, 0.6) is 0 Å². The van der Waals surface area contributed by atoms with Crippen LogP contribution in [0.15, 0.2) is 53.0 Å². The number of ether oxygens (including phenoxy) is 1. The van der Waals surface area contributed by atoms with Gasteiger partial charge in [-0.25, -0.2) is 4.79 Å². The summed E-state index contributed by atoms with van der Waals surface area (Å²) in [4.78, 5) is 25.6. The van der Waals surface area contributed by atoms with Crippen LogP contribution in [0.2, 0.25) is 0 Å². The molecule has 0 aliphatic heterocycles. The summed E-state index contributed by atoms with van der Waals surface area (Å²) >= 11 is 3.29. The Morgan fingerprint density at radius 2 is 1.83 bits per heavy atom. The molecule has 0 atom stereocenters. The normalized spacial score (nSPS) is 10.1. The quantitative estimate of drug-likeness (QED) is 0.770. The van der Waals surface area contributed by atoms with E-state index in [9.17, 15) is 9.59 Å². The molecule has 0 aliphatic carbocycles. The predicted octanol–water partition coefficient (Wildman–Crippen LogP) is 2.99. The van der Waals surface area contributed by atoms with Crippen molar-refractivity contribution in [2.24, 2.45) is 0 Å². The molecule has 0 saturated carbocycles. The van der Waals surface area contributed by atoms with Gasteiger partial charge in [0.2, 0.25) is 0 Å². The zero-order valence-corrected chi connectivity index (χ0v) is 15.2. The van der Waals surface area contributed by atoms with E-state index in [0.29, 0.717) is 12.1 Å². The van der Waals surface area contributed by atoms with Gasteiger partial charge in [0, 0.05) is 30.8 Å². The van der Waals surface area contributed by atoms with Crippen LogP contribution in [0.25, 0.3) is 0 Å². The van der Waals surface area contributed by atoms with Crippen molar-refractivity contribution in [2.45, 2.75) is 6.54 Å². The number of esters is 1. The van der Waals surface area contributed by atoms with Gasteiger partial charge in [0.25, 0.3) is 5.91 Å². The molecule has 6 heteroatoms. The fraction of sp³-hybridized carbons (Fsp3) is 0.222. The van der Waals surface area contributed by atoms with Crippen molar-refractivity contribution in [1.29, 1.82) is 0 Å². The summed E-state index contributed by atoms with van der Waals surface area (Å²) in [6, 6.07) is 14.7. The molecular formula is C18H19BrN2O3. The summed E-state index contributed by atoms with van der Waals surface area (Å²) in [6.45, 7) is 0.0854. The van der Waals surface area contributed by atoms with E-state index in [-0.39, 0.29) is 12.5 Å². The van der Waals surface area contributed by atoms with E-state index in [1.165, 1.54) is 0 Å². The predicted molar refractivity (Wildman–Crippen MR) is 97.0 cm³/mol. The molecule has 2 rings (SSSR count). The fourth-order valence-corrected chi connectivity index (χ4v) is 2.39. The first-order valence-electron chi connectivity index (χ1n) is 7.41. The summed E-state index contributed by atoms with van der Waals surface area (Å²) in [5.41, 5.74) is 2.47. The number of carbonyl (C=O) groups is 2. The Kier molecular flexibility index (Phi) is 6.37. The monoisotopic (exact) mass is 390 g/mol. The molecule has 0 saturated heterocycles. The summed E-state index contributed by atoms with van der Waals surface area (Å²) in [5, 5.41) is 2.73. The molecule has 0 heterocycles. The van der Waals surface area contributed by atoms with Crippen molar-refractivity contribution in [2.75, 3.05) is 25.6 Å². The van der Waals surface area contributed by atoms with Crippen LogP contribution in [0, 0.1) is 0 Å². The number of amides is 1. The average molecular weight is 391 g/mol. The standard InChI is InChI=1S/C18H19BrN2O3/c1-21(2)16-8-6-13(7-9-16)11-20-17(22)12-24-18(23)14-4-3-5-15(19)10-14/h3-10H,11-12H2,1-2H3,(H,20,22). The van der Waals surface area contributed by atoms with Crippen molar-refractivity contribution >= 4 is 33.5 Å². The van der Waals surface area contributed by atoms with Crippen molar-refractivity contribution in [3.8, 4) is 0 Å². The number of carbonyl (C=O) groups excluding carboxylic acids is 2. The maximum atomic E-state index is 11.8. The minimum absolute atomic E-state index is 0.304. The molecule has 0 fully saturated rings. The maximum absolute atomic E-state index is 11.8. The molecule has 1 N–H and O–H groups in total. The van der Waals surface area contributed by atoms with Crippen molar-refractivity contribution in [3.63, 3.8) is 0 Å². The molecular weight excluding hydrogens is 372 g/mol. The van der Waals surface area contributed by atoms with Crippen LogP contribution >= 0.6 is 15.9 Å². The minimum atomic E-state index is -0.526. The minimum Gasteiger partial charge on any atom is -0.452 e. The highest BCUT2D eigenvalue weighted by Crippen LogP contribution is 2.13. The zero-order valence-electron chi connectivity index (χ0n) is 13.6. The molecule has 126 valence electrons. The highest BCUT2D eigenvalue weighted by atomic mass is 79.9. The SMILES string of the molecule is CN(C)c1ccc(CNC(=O)COC(=O)c2cccc(Br)c2)cc1. The van der Waals surface area contributed by atoms with Crippen LogP contribution in [-0.4, -0.2) is 32.6 Å². The smallest absolute Gasteiger partial charge is 0.338 e. The van der Waals surface area contributed by atoms with Gasteiger partial charge in [-0.1, -0.05) is 34.1 Å². The lowest BCUT2D eigenvalue weighted by atomic mass is 10.2. The number of hydrogen-bond acceptors (Lipinski definition) is 4. The van der Waals surface area contributed by atoms with Gasteiger partial charge in [-0.3, -0.25) is 4.79 Å². The second-order valence-corrected chi connectivity index (χ2v) is 6.34. The number of nitrogens with one attached hydrogen (secondary N) is 1. The van der Waals surface area contributed by atoms with Crippen LogP contribution in [-0.2, 0) is 16.1 Å². The van der Waals surface area contributed by atoms with Gasteiger partial charge >= 0.3 is 5.97 Å². The summed E-state index contributed by atoms with van der Waals surface area (Å²) in [5.74, 6) is -0.864. The molecule has 0 radical (unpaired) electrons. The highest BCUT2D eigenvalue weighted by Gasteiger charge is 2.10. The number of halogens is 1. The van der Waals surface area contributed by atoms with E-state index in [2.05, 4.69) is 21.2 Å². The summed E-state index contributed by atoms with van der Waals surface area (Å²) in [7, 11) is 3.94. The van der Waals surface area contributed by atoms with E-state index >= 15 is 0 Å². The highest BCUT2D eigenvalue weighted by molar-refractivity contribution is 9.10. The molecule has 0 spiro atoms. The average Bonchev–Trinajstić information content (AvgIpc) is 2.58. The number of anilines is 1. The van der Waals surface area contributed by atoms with Crippen LogP contribution < -0.4 is 10.2 Å². The van der Waals surface area contributed by atoms with E-state index in [0.717, 1.165) is 15.7 Å². The Bertz CT molecular complexity index is 714. The number of rotatable bonds is 6. The zero-order chi connectivity index (χ0) is 17.5. The van der Waals surface area contributed by atoms with Crippen molar-refractivity contribution in [1.82, 2.24) is 5.32 Å². The van der Waals surface area contributed by atoms with Gasteiger partial charge in [-0.15, -0.1) is 0 Å². The first kappa shape index (κ1) is 18.0. The molecule has 1 amide bonds. The third-order valence-corrected chi connectivity index (χ3v) is 3.83. The first-order valence-corrected chi connectivity index (χ1v) is 8.20. The number of benzene rings is 2. The Labute approximate surface area is 149 Å². The fourth-order valence-electron chi connectivity index (χ4n) is 1.99. The topological polar surface area (TPSA) is 58.6 Å². The lowest BCUT2D eigenvalue weighted by molar-refractivity contribution is -0.124. The van der Waals surface area contributed by atoms with Crippen LogP contribution in [0.4, 0.5) is 5.69 Å². The molecule has 2 aromatic carbocycles. The Morgan fingerprint density at radius 1 is 1.12 bits per heavy atom. The van der Waals surface area contributed by atoms with E-state index in [1.54, 1.807) is 18.2 Å². The van der Waals surface area contributed by atoms with Crippen molar-refractivity contribution in [3.05, 3.63) is 64.1 Å². The third-order valence-electron chi connectivity index (χ3n) is 3.34. The van der Waals surface area contributed by atoms with E-state index in [4.69, 9.17) is 4.74 Å². The van der Waals surface area contributed by atoms with Gasteiger partial charge < -0.3 is 15.0 Å². The maximum Gasteiger partial charge on any atom is 0.338 e. The second kappa shape index (κ2) is 8.49. The van der Waals surface area contributed by atoms with E-state index < -0.39 is 5.97 Å². The molecule has 2 aromatic rings. The van der Waals surface area contributed by atoms with Gasteiger partial charge in [0.05, 0.1) is 5.56 Å². The molecule has 24 heavy (non-hydrogen) atoms. The third kappa shape index (κ3) is 5.38. The lowest BCUT2D eigenvalue weighted by Gasteiger charge is -2.13. The van der Waals surface area contributed by atoms with Crippen molar-refractivity contribution < 1.29 is 14.3 Å². The van der Waals surface area contributed by atoms with Gasteiger partial charge in [0.15, 0.2) is 6.61 Å². The van der Waals surface area contributed by atoms with Crippen LogP contribution in [0.3, 0.4) is 0 Å². The largest absolute Gasteiger partial charge is 0.452 e. The van der Waals surface area contributed by atoms with Gasteiger partial charge in [0.1, 0.15) is 0 Å². The Hall–Kier alpha value is -2.34. The molecule has 5 nitrogen and oxygen atoms in total. The van der Waals surface area contributed by atoms with Gasteiger partial charge in [-0.2, -0.15) is 0 Å². The molecule has 0 unspecified atom stereocenters. The van der Waals surface area contributed by atoms with E-state index in [1.807, 2.05) is 49.3 Å². The Morgan fingerprint density at radius 3 is 2.46 bits per heavy atom. The molecule has 0 bridgehead atoms. The Balaban J connectivity index is 1.78. The molecule has 0 aliphatic rings. The first-order chi connectivity index (χ1) is 11.5. The second-order valence-electron chi connectivity index (χ2n) is 5.42. The van der Waals surface area contributed by atoms with Gasteiger partial charge in [-0.05, 0) is 35.9 Å². The number of nitrogens with zero attached hydrogens (tertiary/aromatic N) is 1. The summed E-state index contributed by atoms with van der Waals surface area (Å²) < 4.78 is 5.79. The number of hydrogen-bond donors (Lipinski definition) is 1. The van der Waals surface area contributed by atoms with Crippen LogP contribution in [0.1, 0.15) is 15.9 Å².